The van der Waals surface area contributed by atoms with Crippen molar-refractivity contribution in [2.75, 3.05) is 24.8 Å². The molecule has 21 heavy (non-hydrogen) atoms. The minimum Gasteiger partial charge on any atom is -0.495 e. The second-order valence-corrected chi connectivity index (χ2v) is 5.70. The predicted molar refractivity (Wildman–Crippen MR) is 85.4 cm³/mol. The highest BCUT2D eigenvalue weighted by atomic mass is 79.9. The first-order valence-electron chi connectivity index (χ1n) is 5.80. The van der Waals surface area contributed by atoms with E-state index in [1.807, 2.05) is 0 Å². The van der Waals surface area contributed by atoms with Gasteiger partial charge >= 0.3 is 0 Å². The van der Waals surface area contributed by atoms with Crippen LogP contribution in [0.3, 0.4) is 0 Å². The summed E-state index contributed by atoms with van der Waals surface area (Å²) in [6, 6.07) is 4.18. The number of nitrogens with one attached hydrogen (secondary N) is 2. The minimum absolute atomic E-state index is 0.0425. The third kappa shape index (κ3) is 3.44. The average Bonchev–Trinajstić information content (AvgIpc) is 2.44. The summed E-state index contributed by atoms with van der Waals surface area (Å²) in [6.45, 7) is 0. The van der Waals surface area contributed by atoms with Gasteiger partial charge in [0.05, 0.1) is 17.3 Å². The molecule has 1 aromatic heterocycles. The molecule has 1 heterocycles. The van der Waals surface area contributed by atoms with E-state index < -0.39 is 11.6 Å². The van der Waals surface area contributed by atoms with Crippen molar-refractivity contribution in [1.29, 1.82) is 0 Å². The number of pyridine rings is 1. The van der Waals surface area contributed by atoms with E-state index in [1.165, 1.54) is 14.2 Å². The first-order valence-corrected chi connectivity index (χ1v) is 7.38. The first kappa shape index (κ1) is 16.0. The van der Waals surface area contributed by atoms with Crippen LogP contribution in [0.25, 0.3) is 0 Å². The summed E-state index contributed by atoms with van der Waals surface area (Å²) in [6.07, 6.45) is 0. The number of hydrogen-bond acceptors (Lipinski definition) is 4. The first-order chi connectivity index (χ1) is 9.96. The fraction of sp³-hybridized carbons (Fsp3) is 0.154. The standard InChI is InChI=1S/C13H11Br2F2N3O/c1-18-12-8(16)4-9(17)13(20-12)19-10-5-11(21-2)7(15)3-6(10)14/h3-5H,1-2H3,(H2,18,19,20). The van der Waals surface area contributed by atoms with Crippen molar-refractivity contribution in [2.45, 2.75) is 0 Å². The Bertz CT molecular complexity index is 625. The second kappa shape index (κ2) is 6.57. The number of benzene rings is 1. The lowest BCUT2D eigenvalue weighted by atomic mass is 10.3. The summed E-state index contributed by atoms with van der Waals surface area (Å²) >= 11 is 6.70. The minimum atomic E-state index is -0.791. The topological polar surface area (TPSA) is 46.2 Å². The molecule has 2 N–H and O–H groups in total. The lowest BCUT2D eigenvalue weighted by Gasteiger charge is -2.13. The number of rotatable bonds is 4. The Morgan fingerprint density at radius 3 is 2.33 bits per heavy atom. The maximum absolute atomic E-state index is 13.8. The molecule has 8 heteroatoms. The van der Waals surface area contributed by atoms with Crippen LogP contribution >= 0.6 is 31.9 Å². The molecule has 0 radical (unpaired) electrons. The van der Waals surface area contributed by atoms with Crippen molar-refractivity contribution < 1.29 is 13.5 Å². The van der Waals surface area contributed by atoms with Gasteiger partial charge in [0.1, 0.15) is 5.75 Å². The van der Waals surface area contributed by atoms with Crippen LogP contribution < -0.4 is 15.4 Å². The van der Waals surface area contributed by atoms with Crippen molar-refractivity contribution in [3.8, 4) is 5.75 Å². The lowest BCUT2D eigenvalue weighted by Crippen LogP contribution is -2.04. The monoisotopic (exact) mass is 421 g/mol. The molecular weight excluding hydrogens is 412 g/mol. The molecule has 0 fully saturated rings. The molecule has 0 atom stereocenters. The van der Waals surface area contributed by atoms with Gasteiger partial charge in [0.15, 0.2) is 23.3 Å². The molecule has 0 saturated carbocycles. The number of nitrogens with zero attached hydrogens (tertiary/aromatic N) is 1. The van der Waals surface area contributed by atoms with Gasteiger partial charge < -0.3 is 15.4 Å². The number of methoxy groups -OCH3 is 1. The molecule has 0 saturated heterocycles. The zero-order valence-corrected chi connectivity index (χ0v) is 14.3. The molecule has 0 amide bonds. The van der Waals surface area contributed by atoms with E-state index in [1.54, 1.807) is 12.1 Å². The molecule has 0 aliphatic rings. The Balaban J connectivity index is 2.42. The van der Waals surface area contributed by atoms with E-state index in [2.05, 4.69) is 47.5 Å². The Morgan fingerprint density at radius 2 is 1.71 bits per heavy atom. The summed E-state index contributed by atoms with van der Waals surface area (Å²) < 4.78 is 33.8. The molecule has 0 unspecified atom stereocenters. The van der Waals surface area contributed by atoms with Crippen LogP contribution in [0.1, 0.15) is 0 Å². The van der Waals surface area contributed by atoms with E-state index in [0.29, 0.717) is 15.9 Å². The number of halogens is 4. The smallest absolute Gasteiger partial charge is 0.169 e. The third-order valence-corrected chi connectivity index (χ3v) is 3.94. The van der Waals surface area contributed by atoms with Crippen molar-refractivity contribution in [3.05, 3.63) is 38.8 Å². The summed E-state index contributed by atoms with van der Waals surface area (Å²) in [5.41, 5.74) is 0.537. The van der Waals surface area contributed by atoms with Crippen molar-refractivity contribution in [2.24, 2.45) is 0 Å². The van der Waals surface area contributed by atoms with Gasteiger partial charge in [0.2, 0.25) is 0 Å². The van der Waals surface area contributed by atoms with Gasteiger partial charge in [-0.15, -0.1) is 0 Å². The summed E-state index contributed by atoms with van der Waals surface area (Å²) in [7, 11) is 3.03. The largest absolute Gasteiger partial charge is 0.495 e. The summed E-state index contributed by atoms with van der Waals surface area (Å²) in [5, 5.41) is 5.36. The molecule has 2 aromatic rings. The highest BCUT2D eigenvalue weighted by Gasteiger charge is 2.14. The Kier molecular flexibility index (Phi) is 5.00. The molecule has 0 spiro atoms. The molecule has 0 bridgehead atoms. The molecule has 0 aliphatic carbocycles. The highest BCUT2D eigenvalue weighted by molar-refractivity contribution is 9.11. The molecular formula is C13H11Br2F2N3O. The number of anilines is 3. The zero-order chi connectivity index (χ0) is 15.6. The Labute approximate surface area is 137 Å². The van der Waals surface area contributed by atoms with Crippen LogP contribution in [0, 0.1) is 11.6 Å². The summed E-state index contributed by atoms with van der Waals surface area (Å²) in [4.78, 5) is 3.86. The zero-order valence-electron chi connectivity index (χ0n) is 11.1. The Hall–Kier alpha value is -1.41. The van der Waals surface area contributed by atoms with Gasteiger partial charge in [-0.3, -0.25) is 0 Å². The van der Waals surface area contributed by atoms with E-state index >= 15 is 0 Å². The summed E-state index contributed by atoms with van der Waals surface area (Å²) in [5.74, 6) is -1.12. The quantitative estimate of drug-likeness (QED) is 0.750. The molecule has 4 nitrogen and oxygen atoms in total. The van der Waals surface area contributed by atoms with Crippen LogP contribution in [-0.2, 0) is 0 Å². The fourth-order valence-electron chi connectivity index (χ4n) is 1.64. The maximum atomic E-state index is 13.8. The van der Waals surface area contributed by atoms with Gasteiger partial charge in [-0.05, 0) is 37.9 Å². The predicted octanol–water partition coefficient (Wildman–Crippen LogP) is 4.68. The fourth-order valence-corrected chi connectivity index (χ4v) is 2.89. The van der Waals surface area contributed by atoms with Crippen LogP contribution in [0.4, 0.5) is 26.1 Å². The molecule has 0 aliphatic heterocycles. The normalized spacial score (nSPS) is 10.4. The number of ether oxygens (including phenoxy) is 1. The van der Waals surface area contributed by atoms with Gasteiger partial charge in [-0.25, -0.2) is 13.8 Å². The van der Waals surface area contributed by atoms with Crippen LogP contribution in [0.5, 0.6) is 5.75 Å². The van der Waals surface area contributed by atoms with Gasteiger partial charge in [-0.1, -0.05) is 0 Å². The van der Waals surface area contributed by atoms with Crippen molar-refractivity contribution >= 4 is 49.2 Å². The SMILES string of the molecule is CNc1nc(Nc2cc(OC)c(Br)cc2Br)c(F)cc1F. The third-order valence-electron chi connectivity index (χ3n) is 2.66. The van der Waals surface area contributed by atoms with Crippen LogP contribution in [0.15, 0.2) is 27.1 Å². The van der Waals surface area contributed by atoms with Gasteiger partial charge in [0.25, 0.3) is 0 Å². The second-order valence-electron chi connectivity index (χ2n) is 3.99. The lowest BCUT2D eigenvalue weighted by molar-refractivity contribution is 0.412. The van der Waals surface area contributed by atoms with E-state index in [-0.39, 0.29) is 11.6 Å². The van der Waals surface area contributed by atoms with Gasteiger partial charge in [-0.2, -0.15) is 0 Å². The number of aromatic nitrogens is 1. The van der Waals surface area contributed by atoms with Crippen molar-refractivity contribution in [3.63, 3.8) is 0 Å². The van der Waals surface area contributed by atoms with Crippen molar-refractivity contribution in [1.82, 2.24) is 4.98 Å². The molecule has 112 valence electrons. The van der Waals surface area contributed by atoms with E-state index in [0.717, 1.165) is 10.5 Å². The number of hydrogen-bond donors (Lipinski definition) is 2. The highest BCUT2D eigenvalue weighted by Crippen LogP contribution is 2.36. The van der Waals surface area contributed by atoms with Crippen LogP contribution in [-0.4, -0.2) is 19.1 Å². The van der Waals surface area contributed by atoms with Gasteiger partial charge in [0, 0.05) is 23.7 Å². The van der Waals surface area contributed by atoms with Crippen LogP contribution in [0.2, 0.25) is 0 Å². The van der Waals surface area contributed by atoms with E-state index in [4.69, 9.17) is 4.74 Å². The average molecular weight is 423 g/mol. The molecule has 1 aromatic carbocycles. The Morgan fingerprint density at radius 1 is 1.05 bits per heavy atom. The molecule has 2 rings (SSSR count). The van der Waals surface area contributed by atoms with E-state index in [9.17, 15) is 8.78 Å². The maximum Gasteiger partial charge on any atom is 0.169 e.